The second-order valence-electron chi connectivity index (χ2n) is 16.4. The zero-order valence-electron chi connectivity index (χ0n) is 36.0. The molecule has 1 N–H and O–H groups in total. The molecule has 0 bridgehead atoms. The fraction of sp³-hybridized carbons (Fsp3) is 0.909. The minimum Gasteiger partial charge on any atom is -0.462 e. The number of phosphoric acid groups is 1. The Morgan fingerprint density at radius 1 is 0.556 bits per heavy atom. The molecule has 1 unspecified atom stereocenters. The molecule has 0 aromatic heterocycles. The number of hydrogen-bond donors (Lipinski definition) is 1. The number of likely N-dealkylation sites (N-methyl/N-ethyl adjacent to an activating group) is 1. The van der Waals surface area contributed by atoms with E-state index in [1.807, 2.05) is 21.1 Å². The van der Waals surface area contributed by atoms with Gasteiger partial charge in [0.25, 0.3) is 0 Å². The molecule has 10 heteroatoms. The maximum atomic E-state index is 12.7. The van der Waals surface area contributed by atoms with Crippen LogP contribution in [0.3, 0.4) is 0 Å². The summed E-state index contributed by atoms with van der Waals surface area (Å²) in [6.07, 6.45) is 38.2. The fourth-order valence-electron chi connectivity index (χ4n) is 6.24. The Labute approximate surface area is 333 Å². The third kappa shape index (κ3) is 40.4. The Morgan fingerprint density at radius 3 is 1.37 bits per heavy atom. The zero-order valence-corrected chi connectivity index (χ0v) is 36.9. The smallest absolute Gasteiger partial charge is 0.462 e. The lowest BCUT2D eigenvalue weighted by atomic mass is 10.0. The number of unbranched alkanes of at least 4 members (excludes halogenated alkanes) is 25. The van der Waals surface area contributed by atoms with Gasteiger partial charge in [0.15, 0.2) is 6.10 Å². The van der Waals surface area contributed by atoms with Crippen LogP contribution in [0.2, 0.25) is 0 Å². The van der Waals surface area contributed by atoms with Gasteiger partial charge in [-0.2, -0.15) is 0 Å². The lowest BCUT2D eigenvalue weighted by Gasteiger charge is -2.24. The maximum Gasteiger partial charge on any atom is 0.472 e. The number of rotatable bonds is 41. The van der Waals surface area contributed by atoms with Crippen LogP contribution in [0.25, 0.3) is 0 Å². The second kappa shape index (κ2) is 37.3. The highest BCUT2D eigenvalue weighted by atomic mass is 31.2. The standard InChI is InChI=1S/C44H86NO8P/c1-6-8-10-12-14-16-18-20-22-24-26-28-30-32-34-36-43(46)50-40-42(41-52-54(48,49)51-39-38-45(3,4)5)53-44(47)37-35-33-31-29-27-25-23-21-19-17-15-13-11-9-7-2/h20,22,42H,6-19,21,23-41H2,1-5H3/p+1/t42-/m1/s1. The van der Waals surface area contributed by atoms with Crippen molar-refractivity contribution >= 4 is 19.8 Å². The number of quaternary nitrogens is 1. The summed E-state index contributed by atoms with van der Waals surface area (Å²) >= 11 is 0. The van der Waals surface area contributed by atoms with Crippen molar-refractivity contribution in [3.8, 4) is 0 Å². The van der Waals surface area contributed by atoms with Gasteiger partial charge in [-0.25, -0.2) is 4.57 Å². The third-order valence-electron chi connectivity index (χ3n) is 9.80. The molecule has 0 rings (SSSR count). The molecule has 0 amide bonds. The number of hydrogen-bond acceptors (Lipinski definition) is 7. The van der Waals surface area contributed by atoms with E-state index in [0.717, 1.165) is 51.4 Å². The third-order valence-corrected chi connectivity index (χ3v) is 10.8. The van der Waals surface area contributed by atoms with E-state index in [0.29, 0.717) is 17.4 Å². The number of esters is 2. The van der Waals surface area contributed by atoms with Gasteiger partial charge in [-0.05, 0) is 38.5 Å². The number of allylic oxidation sites excluding steroid dienone is 2. The van der Waals surface area contributed by atoms with Crippen molar-refractivity contribution in [3.05, 3.63) is 12.2 Å². The highest BCUT2D eigenvalue weighted by Crippen LogP contribution is 2.43. The molecule has 0 aliphatic carbocycles. The Bertz CT molecular complexity index is 938. The van der Waals surface area contributed by atoms with Gasteiger partial charge in [0.1, 0.15) is 19.8 Å². The maximum absolute atomic E-state index is 12.7. The van der Waals surface area contributed by atoms with Crippen LogP contribution in [0.15, 0.2) is 12.2 Å². The quantitative estimate of drug-likeness (QED) is 0.0214. The summed E-state index contributed by atoms with van der Waals surface area (Å²) in [4.78, 5) is 35.3. The normalized spacial score (nSPS) is 13.7. The number of phosphoric ester groups is 1. The number of ether oxygens (including phenoxy) is 2. The van der Waals surface area contributed by atoms with Crippen LogP contribution in [-0.4, -0.2) is 74.9 Å². The van der Waals surface area contributed by atoms with Gasteiger partial charge >= 0.3 is 19.8 Å². The molecule has 320 valence electrons. The van der Waals surface area contributed by atoms with E-state index in [2.05, 4.69) is 26.0 Å². The minimum atomic E-state index is -4.37. The molecule has 0 saturated carbocycles. The van der Waals surface area contributed by atoms with Gasteiger partial charge < -0.3 is 18.9 Å². The Kier molecular flexibility index (Phi) is 36.5. The minimum absolute atomic E-state index is 0.0336. The van der Waals surface area contributed by atoms with Crippen molar-refractivity contribution in [2.75, 3.05) is 47.5 Å². The first-order valence-corrected chi connectivity index (χ1v) is 23.9. The Balaban J connectivity index is 4.34. The topological polar surface area (TPSA) is 108 Å². The van der Waals surface area contributed by atoms with Crippen LogP contribution in [0.5, 0.6) is 0 Å². The highest BCUT2D eigenvalue weighted by Gasteiger charge is 2.27. The van der Waals surface area contributed by atoms with Crippen molar-refractivity contribution in [1.82, 2.24) is 0 Å². The summed E-state index contributed by atoms with van der Waals surface area (Å²) in [5.74, 6) is -0.798. The average Bonchev–Trinajstić information content (AvgIpc) is 3.12. The van der Waals surface area contributed by atoms with Crippen molar-refractivity contribution in [3.63, 3.8) is 0 Å². The van der Waals surface area contributed by atoms with Gasteiger partial charge in [0.2, 0.25) is 0 Å². The number of nitrogens with zero attached hydrogens (tertiary/aromatic N) is 1. The van der Waals surface area contributed by atoms with E-state index in [1.165, 1.54) is 122 Å². The molecule has 9 nitrogen and oxygen atoms in total. The summed E-state index contributed by atoms with van der Waals surface area (Å²) in [5.41, 5.74) is 0. The van der Waals surface area contributed by atoms with E-state index in [4.69, 9.17) is 18.5 Å². The largest absolute Gasteiger partial charge is 0.472 e. The molecule has 0 fully saturated rings. The molecular formula is C44H87NO8P+. The SMILES string of the molecule is CCCCCCCCC=CCCCCCCCC(=O)OC[C@H](COP(=O)(O)OCC[N+](C)(C)C)OC(=O)CCCCCCCCCCCCCCCCC. The van der Waals surface area contributed by atoms with Gasteiger partial charge in [-0.15, -0.1) is 0 Å². The van der Waals surface area contributed by atoms with Crippen LogP contribution < -0.4 is 0 Å². The van der Waals surface area contributed by atoms with Gasteiger partial charge in [0.05, 0.1) is 27.7 Å². The van der Waals surface area contributed by atoms with Crippen LogP contribution in [0.4, 0.5) is 0 Å². The lowest BCUT2D eigenvalue weighted by Crippen LogP contribution is -2.37. The summed E-state index contributed by atoms with van der Waals surface area (Å²) in [6, 6.07) is 0. The van der Waals surface area contributed by atoms with E-state index in [1.54, 1.807) is 0 Å². The van der Waals surface area contributed by atoms with E-state index >= 15 is 0 Å². The predicted molar refractivity (Wildman–Crippen MR) is 224 cm³/mol. The second-order valence-corrected chi connectivity index (χ2v) is 17.9. The molecule has 0 aromatic rings. The fourth-order valence-corrected chi connectivity index (χ4v) is 6.99. The van der Waals surface area contributed by atoms with E-state index in [-0.39, 0.29) is 32.0 Å². The average molecular weight is 789 g/mol. The molecule has 0 aromatic carbocycles. The van der Waals surface area contributed by atoms with Crippen molar-refractivity contribution in [2.24, 2.45) is 0 Å². The Hall–Kier alpha value is -1.25. The summed E-state index contributed by atoms with van der Waals surface area (Å²) in [5, 5.41) is 0. The first-order valence-electron chi connectivity index (χ1n) is 22.4. The first-order chi connectivity index (χ1) is 26.0. The molecule has 0 aliphatic heterocycles. The van der Waals surface area contributed by atoms with Crippen LogP contribution in [0, 0.1) is 0 Å². The van der Waals surface area contributed by atoms with Crippen LogP contribution >= 0.6 is 7.82 Å². The lowest BCUT2D eigenvalue weighted by molar-refractivity contribution is -0.870. The number of carbonyl (C=O) groups is 2. The van der Waals surface area contributed by atoms with Gasteiger partial charge in [-0.3, -0.25) is 18.6 Å². The van der Waals surface area contributed by atoms with Crippen LogP contribution in [0.1, 0.15) is 206 Å². The van der Waals surface area contributed by atoms with Crippen molar-refractivity contribution in [1.29, 1.82) is 0 Å². The zero-order chi connectivity index (χ0) is 40.0. The summed E-state index contributed by atoms with van der Waals surface area (Å²) < 4.78 is 34.3. The monoisotopic (exact) mass is 789 g/mol. The van der Waals surface area contributed by atoms with Gasteiger partial charge in [0, 0.05) is 12.8 Å². The molecular weight excluding hydrogens is 701 g/mol. The molecule has 0 radical (unpaired) electrons. The number of carbonyl (C=O) groups excluding carboxylic acids is 2. The molecule has 0 spiro atoms. The van der Waals surface area contributed by atoms with Gasteiger partial charge in [-0.1, -0.05) is 167 Å². The van der Waals surface area contributed by atoms with E-state index < -0.39 is 26.5 Å². The molecule has 2 atom stereocenters. The Morgan fingerprint density at radius 2 is 0.944 bits per heavy atom. The van der Waals surface area contributed by atoms with Crippen molar-refractivity contribution < 1.29 is 42.1 Å². The highest BCUT2D eigenvalue weighted by molar-refractivity contribution is 7.47. The van der Waals surface area contributed by atoms with Crippen molar-refractivity contribution in [2.45, 2.75) is 213 Å². The molecule has 54 heavy (non-hydrogen) atoms. The molecule has 0 heterocycles. The molecule has 0 saturated heterocycles. The van der Waals surface area contributed by atoms with E-state index in [9.17, 15) is 19.0 Å². The summed E-state index contributed by atoms with van der Waals surface area (Å²) in [7, 11) is 1.48. The van der Waals surface area contributed by atoms with Crippen LogP contribution in [-0.2, 0) is 32.7 Å². The molecule has 0 aliphatic rings. The predicted octanol–water partition coefficient (Wildman–Crippen LogP) is 12.6. The first kappa shape index (κ1) is 52.8. The summed E-state index contributed by atoms with van der Waals surface area (Å²) in [6.45, 7) is 4.43.